The molecule has 1 amide bonds. The molecule has 1 atom stereocenters. The number of nitrogens with zero attached hydrogens (tertiary/aromatic N) is 3. The van der Waals surface area contributed by atoms with E-state index in [1.807, 2.05) is 13.0 Å². The number of fused-ring (bicyclic) bond motifs is 1. The first-order valence-corrected chi connectivity index (χ1v) is 6.50. The summed E-state index contributed by atoms with van der Waals surface area (Å²) >= 11 is 0. The largest absolute Gasteiger partial charge is 0.323 e. The second-order valence-electron chi connectivity index (χ2n) is 4.90. The quantitative estimate of drug-likeness (QED) is 0.839. The molecule has 0 saturated heterocycles. The van der Waals surface area contributed by atoms with E-state index >= 15 is 0 Å². The lowest BCUT2D eigenvalue weighted by Gasteiger charge is -2.17. The normalized spacial score (nSPS) is 18.7. The Hall–Kier alpha value is -2.17. The fourth-order valence-corrected chi connectivity index (χ4v) is 2.34. The van der Waals surface area contributed by atoms with Gasteiger partial charge in [0.2, 0.25) is 5.91 Å². The zero-order chi connectivity index (χ0) is 13.2. The van der Waals surface area contributed by atoms with E-state index < -0.39 is 0 Å². The molecule has 19 heavy (non-hydrogen) atoms. The Morgan fingerprint density at radius 3 is 3.16 bits per heavy atom. The summed E-state index contributed by atoms with van der Waals surface area (Å²) in [4.78, 5) is 16.4. The van der Waals surface area contributed by atoms with Gasteiger partial charge in [0.1, 0.15) is 0 Å². The Labute approximate surface area is 111 Å². The van der Waals surface area contributed by atoms with Crippen molar-refractivity contribution >= 4 is 17.2 Å². The molecule has 0 unspecified atom stereocenters. The van der Waals surface area contributed by atoms with E-state index in [4.69, 9.17) is 0 Å². The van der Waals surface area contributed by atoms with Crippen LogP contribution in [-0.4, -0.2) is 20.5 Å². The number of carbonyl (C=O) groups excluding carboxylic acids is 1. The van der Waals surface area contributed by atoms with Crippen LogP contribution in [0.5, 0.6) is 0 Å². The predicted octanol–water partition coefficient (Wildman–Crippen LogP) is 2.33. The van der Waals surface area contributed by atoms with Gasteiger partial charge in [0.25, 0.3) is 0 Å². The highest BCUT2D eigenvalue weighted by molar-refractivity contribution is 5.92. The second kappa shape index (κ2) is 4.84. The zero-order valence-corrected chi connectivity index (χ0v) is 10.8. The maximum atomic E-state index is 12.1. The number of aromatic nitrogens is 3. The molecule has 1 aliphatic rings. The van der Waals surface area contributed by atoms with E-state index in [-0.39, 0.29) is 11.8 Å². The highest BCUT2D eigenvalue weighted by atomic mass is 16.1. The lowest BCUT2D eigenvalue weighted by Crippen LogP contribution is -2.23. The highest BCUT2D eigenvalue weighted by Crippen LogP contribution is 2.20. The molecule has 0 bridgehead atoms. The van der Waals surface area contributed by atoms with Crippen molar-refractivity contribution in [3.63, 3.8) is 0 Å². The summed E-state index contributed by atoms with van der Waals surface area (Å²) in [7, 11) is 0. The molecular formula is C14H16N4O. The summed E-state index contributed by atoms with van der Waals surface area (Å²) in [6.07, 6.45) is 10.4. The maximum Gasteiger partial charge on any atom is 0.227 e. The minimum atomic E-state index is 0.0642. The monoisotopic (exact) mass is 256 g/mol. The van der Waals surface area contributed by atoms with Crippen molar-refractivity contribution in [3.8, 4) is 0 Å². The van der Waals surface area contributed by atoms with Crippen molar-refractivity contribution < 1.29 is 4.79 Å². The van der Waals surface area contributed by atoms with E-state index in [2.05, 4.69) is 27.6 Å². The summed E-state index contributed by atoms with van der Waals surface area (Å²) in [6.45, 7) is 1.92. The van der Waals surface area contributed by atoms with Crippen molar-refractivity contribution in [2.24, 2.45) is 5.92 Å². The van der Waals surface area contributed by atoms with Gasteiger partial charge < -0.3 is 5.32 Å². The Morgan fingerprint density at radius 1 is 1.47 bits per heavy atom. The summed E-state index contributed by atoms with van der Waals surface area (Å²) in [5, 5.41) is 7.20. The average molecular weight is 256 g/mol. The van der Waals surface area contributed by atoms with Crippen LogP contribution < -0.4 is 5.32 Å². The van der Waals surface area contributed by atoms with E-state index in [1.165, 1.54) is 0 Å². The number of amides is 1. The Kier molecular flexibility index (Phi) is 3.03. The van der Waals surface area contributed by atoms with Gasteiger partial charge in [-0.15, -0.1) is 0 Å². The first-order valence-electron chi connectivity index (χ1n) is 6.50. The smallest absolute Gasteiger partial charge is 0.227 e. The first kappa shape index (κ1) is 11.9. The fraction of sp³-hybridized carbons (Fsp3) is 0.357. The van der Waals surface area contributed by atoms with Gasteiger partial charge in [-0.05, 0) is 26.2 Å². The third-order valence-electron chi connectivity index (χ3n) is 3.34. The molecule has 0 aliphatic heterocycles. The number of hydrogen-bond donors (Lipinski definition) is 1. The van der Waals surface area contributed by atoms with Crippen LogP contribution >= 0.6 is 0 Å². The molecule has 5 nitrogen and oxygen atoms in total. The molecule has 1 aliphatic carbocycles. The molecule has 5 heteroatoms. The number of allylic oxidation sites excluding steroid dienone is 2. The van der Waals surface area contributed by atoms with E-state index in [0.717, 1.165) is 30.6 Å². The minimum absolute atomic E-state index is 0.0642. The number of aryl methyl sites for hydroxylation is 1. The molecule has 0 spiro atoms. The summed E-state index contributed by atoms with van der Waals surface area (Å²) < 4.78 is 1.69. The van der Waals surface area contributed by atoms with Crippen LogP contribution in [0.3, 0.4) is 0 Å². The minimum Gasteiger partial charge on any atom is -0.323 e. The molecule has 2 heterocycles. The zero-order valence-electron chi connectivity index (χ0n) is 10.8. The lowest BCUT2D eigenvalue weighted by molar-refractivity contribution is -0.120. The van der Waals surface area contributed by atoms with E-state index in [0.29, 0.717) is 5.69 Å². The van der Waals surface area contributed by atoms with Gasteiger partial charge in [0.05, 0.1) is 23.8 Å². The molecular weight excluding hydrogens is 240 g/mol. The first-order chi connectivity index (χ1) is 9.22. The van der Waals surface area contributed by atoms with Crippen molar-refractivity contribution in [2.45, 2.75) is 26.2 Å². The molecule has 0 aromatic carbocycles. The van der Waals surface area contributed by atoms with Gasteiger partial charge in [-0.1, -0.05) is 12.2 Å². The van der Waals surface area contributed by atoms with Crippen LogP contribution in [0.4, 0.5) is 5.69 Å². The molecule has 98 valence electrons. The second-order valence-corrected chi connectivity index (χ2v) is 4.90. The molecule has 0 saturated carbocycles. The van der Waals surface area contributed by atoms with Gasteiger partial charge in [0.15, 0.2) is 5.65 Å². The Bertz CT molecular complexity index is 644. The SMILES string of the molecule is Cc1cc2ncc(NC(=O)[C@H]3CC=CCC3)cn2n1. The number of hydrogen-bond acceptors (Lipinski definition) is 3. The van der Waals surface area contributed by atoms with Gasteiger partial charge in [-0.25, -0.2) is 9.50 Å². The Morgan fingerprint density at radius 2 is 2.37 bits per heavy atom. The predicted molar refractivity (Wildman–Crippen MR) is 72.8 cm³/mol. The van der Waals surface area contributed by atoms with E-state index in [9.17, 15) is 4.79 Å². The van der Waals surface area contributed by atoms with Crippen molar-refractivity contribution in [2.75, 3.05) is 5.32 Å². The number of rotatable bonds is 2. The third-order valence-corrected chi connectivity index (χ3v) is 3.34. The molecule has 2 aromatic rings. The van der Waals surface area contributed by atoms with Gasteiger partial charge in [-0.3, -0.25) is 4.79 Å². The number of carbonyl (C=O) groups is 1. The van der Waals surface area contributed by atoms with Crippen LogP contribution in [0.1, 0.15) is 25.0 Å². The standard InChI is InChI=1S/C14H16N4O/c1-10-7-13-15-8-12(9-18(13)17-10)16-14(19)11-5-3-2-4-6-11/h2-3,7-9,11H,4-6H2,1H3,(H,16,19)/t11-/m0/s1. The molecule has 0 radical (unpaired) electrons. The molecule has 0 fully saturated rings. The molecule has 2 aromatic heterocycles. The molecule has 3 rings (SSSR count). The van der Waals surface area contributed by atoms with Gasteiger partial charge in [0, 0.05) is 12.0 Å². The number of nitrogens with one attached hydrogen (secondary N) is 1. The van der Waals surface area contributed by atoms with Crippen molar-refractivity contribution in [3.05, 3.63) is 36.3 Å². The molecule has 1 N–H and O–H groups in total. The van der Waals surface area contributed by atoms with Crippen molar-refractivity contribution in [1.29, 1.82) is 0 Å². The van der Waals surface area contributed by atoms with Crippen LogP contribution in [0, 0.1) is 12.8 Å². The topological polar surface area (TPSA) is 59.3 Å². The van der Waals surface area contributed by atoms with Gasteiger partial charge in [-0.2, -0.15) is 5.10 Å². The van der Waals surface area contributed by atoms with Gasteiger partial charge >= 0.3 is 0 Å². The van der Waals surface area contributed by atoms with Crippen molar-refractivity contribution in [1.82, 2.24) is 14.6 Å². The van der Waals surface area contributed by atoms with E-state index in [1.54, 1.807) is 16.9 Å². The number of anilines is 1. The average Bonchev–Trinajstić information content (AvgIpc) is 2.79. The highest BCUT2D eigenvalue weighted by Gasteiger charge is 2.18. The Balaban J connectivity index is 1.76. The van der Waals surface area contributed by atoms with Crippen LogP contribution in [-0.2, 0) is 4.79 Å². The van der Waals surface area contributed by atoms with Crippen LogP contribution in [0.25, 0.3) is 5.65 Å². The summed E-state index contributed by atoms with van der Waals surface area (Å²) in [5.41, 5.74) is 2.39. The lowest BCUT2D eigenvalue weighted by atomic mass is 9.94. The summed E-state index contributed by atoms with van der Waals surface area (Å²) in [5.74, 6) is 0.134. The summed E-state index contributed by atoms with van der Waals surface area (Å²) in [6, 6.07) is 1.90. The van der Waals surface area contributed by atoms with Crippen LogP contribution in [0.15, 0.2) is 30.6 Å². The third kappa shape index (κ3) is 2.50. The maximum absolute atomic E-state index is 12.1. The fourth-order valence-electron chi connectivity index (χ4n) is 2.34. The van der Waals surface area contributed by atoms with Crippen LogP contribution in [0.2, 0.25) is 0 Å².